The summed E-state index contributed by atoms with van der Waals surface area (Å²) in [4.78, 5) is 11.4. The Balaban J connectivity index is 2.58. The van der Waals surface area contributed by atoms with Crippen LogP contribution in [-0.2, 0) is 17.3 Å². The highest BCUT2D eigenvalue weighted by atomic mass is 19.4. The molecule has 3 N–H and O–H groups in total. The van der Waals surface area contributed by atoms with E-state index in [1.54, 1.807) is 20.8 Å². The molecule has 4 nitrogen and oxygen atoms in total. The minimum absolute atomic E-state index is 0.00930. The van der Waals surface area contributed by atoms with Crippen molar-refractivity contribution in [1.29, 1.82) is 0 Å². The number of nitrogens with two attached hydrogens (primary N) is 1. The summed E-state index contributed by atoms with van der Waals surface area (Å²) in [7, 11) is 0. The zero-order valence-corrected chi connectivity index (χ0v) is 13.1. The van der Waals surface area contributed by atoms with E-state index in [1.807, 2.05) is 0 Å². The topological polar surface area (TPSA) is 64.3 Å². The van der Waals surface area contributed by atoms with E-state index in [0.717, 1.165) is 12.1 Å². The van der Waals surface area contributed by atoms with E-state index in [0.29, 0.717) is 6.07 Å². The Morgan fingerprint density at radius 2 is 1.91 bits per heavy atom. The highest BCUT2D eigenvalue weighted by molar-refractivity contribution is 5.67. The van der Waals surface area contributed by atoms with Crippen LogP contribution < -0.4 is 11.1 Å². The number of carbonyl (C=O) groups is 1. The first-order chi connectivity index (χ1) is 10.4. The summed E-state index contributed by atoms with van der Waals surface area (Å²) in [5, 5.41) is 2.43. The van der Waals surface area contributed by atoms with E-state index in [4.69, 9.17) is 10.5 Å². The molecular weight excluding hydrogens is 316 g/mol. The number of halogens is 4. The van der Waals surface area contributed by atoms with Crippen LogP contribution in [0.25, 0.3) is 0 Å². The minimum atomic E-state index is -4.60. The van der Waals surface area contributed by atoms with Crippen molar-refractivity contribution in [1.82, 2.24) is 5.32 Å². The summed E-state index contributed by atoms with van der Waals surface area (Å²) in [6, 6.07) is 1.62. The molecule has 0 saturated carbocycles. The highest BCUT2D eigenvalue weighted by Gasteiger charge is 2.31. The fourth-order valence-corrected chi connectivity index (χ4v) is 1.77. The maximum atomic E-state index is 13.7. The van der Waals surface area contributed by atoms with E-state index in [2.05, 4.69) is 5.32 Å². The van der Waals surface area contributed by atoms with Crippen molar-refractivity contribution in [2.45, 2.75) is 45.0 Å². The average molecular weight is 336 g/mol. The number of alkyl carbamates (subject to hydrolysis) is 1. The van der Waals surface area contributed by atoms with Gasteiger partial charge in [0.2, 0.25) is 0 Å². The second-order valence-corrected chi connectivity index (χ2v) is 6.15. The molecule has 1 aromatic carbocycles. The molecule has 23 heavy (non-hydrogen) atoms. The van der Waals surface area contributed by atoms with Crippen molar-refractivity contribution in [2.24, 2.45) is 5.73 Å². The summed E-state index contributed by atoms with van der Waals surface area (Å²) < 4.78 is 56.1. The third-order valence-corrected chi connectivity index (χ3v) is 2.77. The number of amides is 1. The Morgan fingerprint density at radius 3 is 2.39 bits per heavy atom. The predicted molar refractivity (Wildman–Crippen MR) is 77.3 cm³/mol. The van der Waals surface area contributed by atoms with Gasteiger partial charge < -0.3 is 15.8 Å². The van der Waals surface area contributed by atoms with Gasteiger partial charge in [-0.3, -0.25) is 0 Å². The largest absolute Gasteiger partial charge is 0.444 e. The minimum Gasteiger partial charge on any atom is -0.444 e. The summed E-state index contributed by atoms with van der Waals surface area (Å²) in [5.74, 6) is -0.979. The zero-order valence-electron chi connectivity index (χ0n) is 13.1. The maximum absolute atomic E-state index is 13.7. The van der Waals surface area contributed by atoms with Crippen LogP contribution in [-0.4, -0.2) is 24.3 Å². The molecule has 0 fully saturated rings. The lowest BCUT2D eigenvalue weighted by atomic mass is 10.0. The van der Waals surface area contributed by atoms with Gasteiger partial charge >= 0.3 is 12.3 Å². The number of hydrogen-bond acceptors (Lipinski definition) is 3. The first kappa shape index (κ1) is 19.2. The van der Waals surface area contributed by atoms with Crippen LogP contribution in [0.2, 0.25) is 0 Å². The second-order valence-electron chi connectivity index (χ2n) is 6.15. The molecular formula is C15H20F4N2O2. The lowest BCUT2D eigenvalue weighted by molar-refractivity contribution is -0.137. The molecule has 1 unspecified atom stereocenters. The third-order valence-electron chi connectivity index (χ3n) is 2.77. The molecule has 0 aliphatic rings. The van der Waals surface area contributed by atoms with Gasteiger partial charge in [0.25, 0.3) is 0 Å². The average Bonchev–Trinajstić information content (AvgIpc) is 2.35. The van der Waals surface area contributed by atoms with Gasteiger partial charge in [-0.05, 0) is 44.9 Å². The van der Waals surface area contributed by atoms with E-state index >= 15 is 0 Å². The summed E-state index contributed by atoms with van der Waals surface area (Å²) in [6.07, 6.45) is -5.28. The van der Waals surface area contributed by atoms with Crippen LogP contribution in [0.3, 0.4) is 0 Å². The van der Waals surface area contributed by atoms with Crippen LogP contribution in [0.4, 0.5) is 22.4 Å². The van der Waals surface area contributed by atoms with Crippen LogP contribution >= 0.6 is 0 Å². The van der Waals surface area contributed by atoms with Crippen LogP contribution in [0.1, 0.15) is 31.9 Å². The number of nitrogens with one attached hydrogen (secondary N) is 1. The van der Waals surface area contributed by atoms with Crippen LogP contribution in [0.15, 0.2) is 18.2 Å². The number of rotatable bonds is 4. The normalized spacial score (nSPS) is 13.6. The number of hydrogen-bond donors (Lipinski definition) is 2. The molecule has 1 aromatic rings. The molecule has 0 aliphatic carbocycles. The van der Waals surface area contributed by atoms with E-state index in [-0.39, 0.29) is 18.5 Å². The zero-order chi connectivity index (χ0) is 17.8. The van der Waals surface area contributed by atoms with Crippen molar-refractivity contribution in [3.05, 3.63) is 35.1 Å². The van der Waals surface area contributed by atoms with Crippen molar-refractivity contribution >= 4 is 6.09 Å². The fourth-order valence-electron chi connectivity index (χ4n) is 1.77. The molecule has 1 amide bonds. The number of alkyl halides is 3. The Hall–Kier alpha value is -1.83. The molecule has 0 radical (unpaired) electrons. The highest BCUT2D eigenvalue weighted by Crippen LogP contribution is 2.30. The summed E-state index contributed by atoms with van der Waals surface area (Å²) in [6.45, 7) is 5.10. The number of benzene rings is 1. The Labute approximate surface area is 132 Å². The molecule has 0 spiro atoms. The van der Waals surface area contributed by atoms with Crippen molar-refractivity contribution in [2.75, 3.05) is 6.54 Å². The van der Waals surface area contributed by atoms with Gasteiger partial charge in [-0.1, -0.05) is 6.07 Å². The smallest absolute Gasteiger partial charge is 0.416 e. The molecule has 130 valence electrons. The molecule has 0 aliphatic heterocycles. The number of carbonyl (C=O) groups excluding carboxylic acids is 1. The first-order valence-electron chi connectivity index (χ1n) is 6.96. The van der Waals surface area contributed by atoms with Gasteiger partial charge in [0.15, 0.2) is 0 Å². The quantitative estimate of drug-likeness (QED) is 0.830. The monoisotopic (exact) mass is 336 g/mol. The van der Waals surface area contributed by atoms with Gasteiger partial charge in [0, 0.05) is 12.6 Å². The van der Waals surface area contributed by atoms with Crippen molar-refractivity contribution in [3.63, 3.8) is 0 Å². The van der Waals surface area contributed by atoms with Crippen LogP contribution in [0, 0.1) is 5.82 Å². The lowest BCUT2D eigenvalue weighted by Gasteiger charge is -2.21. The Kier molecular flexibility index (Phi) is 5.98. The standard InChI is InChI=1S/C15H20F4N2O2/c1-14(2,3)23-13(22)21-8-11(20)6-9-4-5-10(7-12(9)16)15(17,18)19/h4-5,7,11H,6,8,20H2,1-3H3,(H,21,22). The van der Waals surface area contributed by atoms with Gasteiger partial charge in [0.1, 0.15) is 11.4 Å². The van der Waals surface area contributed by atoms with Crippen molar-refractivity contribution < 1.29 is 27.1 Å². The van der Waals surface area contributed by atoms with E-state index in [9.17, 15) is 22.4 Å². The lowest BCUT2D eigenvalue weighted by Crippen LogP contribution is -2.41. The first-order valence-corrected chi connectivity index (χ1v) is 6.96. The maximum Gasteiger partial charge on any atom is 0.416 e. The predicted octanol–water partition coefficient (Wildman–Crippen LogP) is 3.24. The molecule has 0 aromatic heterocycles. The molecule has 8 heteroatoms. The number of ether oxygens (including phenoxy) is 1. The van der Waals surface area contributed by atoms with E-state index in [1.165, 1.54) is 0 Å². The molecule has 0 bridgehead atoms. The van der Waals surface area contributed by atoms with Gasteiger partial charge in [-0.15, -0.1) is 0 Å². The third kappa shape index (κ3) is 6.85. The molecule has 1 atom stereocenters. The van der Waals surface area contributed by atoms with Crippen molar-refractivity contribution in [3.8, 4) is 0 Å². The molecule has 0 heterocycles. The Morgan fingerprint density at radius 1 is 1.30 bits per heavy atom. The van der Waals surface area contributed by atoms with Gasteiger partial charge in [-0.25, -0.2) is 9.18 Å². The Bertz CT molecular complexity index is 553. The van der Waals surface area contributed by atoms with E-state index < -0.39 is 35.3 Å². The van der Waals surface area contributed by atoms with Crippen LogP contribution in [0.5, 0.6) is 0 Å². The molecule has 1 rings (SSSR count). The van der Waals surface area contributed by atoms with Gasteiger partial charge in [0.05, 0.1) is 5.56 Å². The fraction of sp³-hybridized carbons (Fsp3) is 0.533. The van der Waals surface area contributed by atoms with Gasteiger partial charge in [-0.2, -0.15) is 13.2 Å². The summed E-state index contributed by atoms with van der Waals surface area (Å²) in [5.41, 5.74) is 4.09. The molecule has 0 saturated heterocycles. The second kappa shape index (κ2) is 7.16. The summed E-state index contributed by atoms with van der Waals surface area (Å²) >= 11 is 0. The SMILES string of the molecule is CC(C)(C)OC(=O)NCC(N)Cc1ccc(C(F)(F)F)cc1F.